The van der Waals surface area contributed by atoms with E-state index < -0.39 is 0 Å². The first-order valence-electron chi connectivity index (χ1n) is 4.55. The number of carbonyl (C=O) groups excluding carboxylic acids is 1. The molecule has 0 spiro atoms. The summed E-state index contributed by atoms with van der Waals surface area (Å²) in [5.74, 6) is 1.65. The third-order valence-electron chi connectivity index (χ3n) is 2.48. The summed E-state index contributed by atoms with van der Waals surface area (Å²) in [7, 11) is 0. The molecule has 1 aliphatic rings. The van der Waals surface area contributed by atoms with Crippen LogP contribution in [0.15, 0.2) is 4.42 Å². The summed E-state index contributed by atoms with van der Waals surface area (Å²) in [6.45, 7) is 4.04. The number of furan rings is 1. The smallest absolute Gasteiger partial charge is 0.194 e. The number of fused-ring (bicyclic) bond motifs is 1. The molecule has 13 heavy (non-hydrogen) atoms. The highest BCUT2D eigenvalue weighted by atomic mass is 16.4. The zero-order valence-corrected chi connectivity index (χ0v) is 7.89. The van der Waals surface area contributed by atoms with Gasteiger partial charge < -0.3 is 10.2 Å². The molecule has 0 saturated heterocycles. The van der Waals surface area contributed by atoms with Gasteiger partial charge in [0, 0.05) is 18.4 Å². The van der Waals surface area contributed by atoms with E-state index in [9.17, 15) is 4.79 Å². The molecule has 0 unspecified atom stereocenters. The lowest BCUT2D eigenvalue weighted by molar-refractivity contribution is 0.0993. The fourth-order valence-corrected chi connectivity index (χ4v) is 1.92. The molecule has 0 saturated carbocycles. The zero-order valence-electron chi connectivity index (χ0n) is 7.89. The molecule has 3 nitrogen and oxygen atoms in total. The average molecular weight is 179 g/mol. The fraction of sp³-hybridized carbons (Fsp3) is 0.500. The molecule has 0 amide bonds. The van der Waals surface area contributed by atoms with E-state index in [-0.39, 0.29) is 11.7 Å². The Morgan fingerprint density at radius 1 is 1.38 bits per heavy atom. The SMILES string of the molecule is CC(C)c1c(N)oc2c1C(=O)CC2. The molecule has 1 aromatic rings. The van der Waals surface area contributed by atoms with Crippen molar-refractivity contribution in [3.63, 3.8) is 0 Å². The number of hydrogen-bond donors (Lipinski definition) is 1. The van der Waals surface area contributed by atoms with Crippen LogP contribution >= 0.6 is 0 Å². The van der Waals surface area contributed by atoms with E-state index in [2.05, 4.69) is 0 Å². The predicted molar refractivity (Wildman–Crippen MR) is 49.9 cm³/mol. The van der Waals surface area contributed by atoms with E-state index in [1.165, 1.54) is 0 Å². The second-order valence-electron chi connectivity index (χ2n) is 3.76. The van der Waals surface area contributed by atoms with Crippen molar-refractivity contribution in [2.45, 2.75) is 32.6 Å². The van der Waals surface area contributed by atoms with Gasteiger partial charge in [0.2, 0.25) is 0 Å². The van der Waals surface area contributed by atoms with Gasteiger partial charge in [0.25, 0.3) is 0 Å². The van der Waals surface area contributed by atoms with Crippen LogP contribution in [0.1, 0.15) is 47.9 Å². The van der Waals surface area contributed by atoms with Crippen molar-refractivity contribution in [2.75, 3.05) is 5.73 Å². The van der Waals surface area contributed by atoms with E-state index in [1.54, 1.807) is 0 Å². The monoisotopic (exact) mass is 179 g/mol. The Labute approximate surface area is 76.9 Å². The van der Waals surface area contributed by atoms with Gasteiger partial charge in [-0.05, 0) is 5.92 Å². The van der Waals surface area contributed by atoms with Gasteiger partial charge in [-0.2, -0.15) is 0 Å². The lowest BCUT2D eigenvalue weighted by Gasteiger charge is -2.03. The molecule has 0 fully saturated rings. The quantitative estimate of drug-likeness (QED) is 0.718. The van der Waals surface area contributed by atoms with E-state index in [0.29, 0.717) is 18.7 Å². The number of hydrogen-bond acceptors (Lipinski definition) is 3. The first kappa shape index (κ1) is 8.35. The summed E-state index contributed by atoms with van der Waals surface area (Å²) < 4.78 is 5.35. The van der Waals surface area contributed by atoms with E-state index >= 15 is 0 Å². The minimum Gasteiger partial charge on any atom is -0.445 e. The van der Waals surface area contributed by atoms with Gasteiger partial charge in [-0.3, -0.25) is 4.79 Å². The summed E-state index contributed by atoms with van der Waals surface area (Å²) in [5, 5.41) is 0. The summed E-state index contributed by atoms with van der Waals surface area (Å²) in [6, 6.07) is 0. The molecule has 70 valence electrons. The van der Waals surface area contributed by atoms with Crippen LogP contribution < -0.4 is 5.73 Å². The average Bonchev–Trinajstić information content (AvgIpc) is 2.51. The van der Waals surface area contributed by atoms with Crippen molar-refractivity contribution in [3.05, 3.63) is 16.9 Å². The molecule has 1 heterocycles. The summed E-state index contributed by atoms with van der Waals surface area (Å²) in [4.78, 5) is 11.5. The van der Waals surface area contributed by atoms with Gasteiger partial charge >= 0.3 is 0 Å². The largest absolute Gasteiger partial charge is 0.445 e. The van der Waals surface area contributed by atoms with Crippen LogP contribution in [0.3, 0.4) is 0 Å². The van der Waals surface area contributed by atoms with Gasteiger partial charge in [-0.1, -0.05) is 13.8 Å². The Morgan fingerprint density at radius 2 is 2.08 bits per heavy atom. The lowest BCUT2D eigenvalue weighted by atomic mass is 9.99. The van der Waals surface area contributed by atoms with Crippen molar-refractivity contribution in [2.24, 2.45) is 0 Å². The number of ketones is 1. The lowest BCUT2D eigenvalue weighted by Crippen LogP contribution is -2.00. The molecule has 1 aliphatic carbocycles. The van der Waals surface area contributed by atoms with Crippen LogP contribution in [-0.4, -0.2) is 5.78 Å². The molecule has 0 bridgehead atoms. The number of anilines is 1. The Hall–Kier alpha value is -1.25. The maximum atomic E-state index is 11.5. The molecular formula is C10H13NO2. The molecule has 0 aromatic carbocycles. The second kappa shape index (κ2) is 2.62. The van der Waals surface area contributed by atoms with Gasteiger partial charge in [0.05, 0.1) is 5.56 Å². The molecule has 3 heteroatoms. The molecule has 0 aliphatic heterocycles. The Morgan fingerprint density at radius 3 is 2.69 bits per heavy atom. The topological polar surface area (TPSA) is 56.2 Å². The van der Waals surface area contributed by atoms with Gasteiger partial charge in [-0.15, -0.1) is 0 Å². The highest BCUT2D eigenvalue weighted by Crippen LogP contribution is 2.36. The Bertz CT molecular complexity index is 363. The van der Waals surface area contributed by atoms with Crippen LogP contribution in [0.4, 0.5) is 5.88 Å². The first-order valence-corrected chi connectivity index (χ1v) is 4.55. The third-order valence-corrected chi connectivity index (χ3v) is 2.48. The minimum absolute atomic E-state index is 0.180. The standard InChI is InChI=1S/C10H13NO2/c1-5(2)8-9-6(12)3-4-7(9)13-10(8)11/h5H,3-4,11H2,1-2H3. The van der Waals surface area contributed by atoms with Crippen LogP contribution in [0.2, 0.25) is 0 Å². The van der Waals surface area contributed by atoms with Crippen molar-refractivity contribution in [3.8, 4) is 0 Å². The predicted octanol–water partition coefficient (Wildman–Crippen LogP) is 2.11. The summed E-state index contributed by atoms with van der Waals surface area (Å²) in [5.41, 5.74) is 7.35. The molecule has 2 N–H and O–H groups in total. The van der Waals surface area contributed by atoms with Crippen molar-refractivity contribution in [1.29, 1.82) is 0 Å². The number of carbonyl (C=O) groups is 1. The zero-order chi connectivity index (χ0) is 9.59. The van der Waals surface area contributed by atoms with E-state index in [4.69, 9.17) is 10.2 Å². The Kier molecular flexibility index (Phi) is 1.68. The number of Topliss-reactive ketones (excluding diaryl/α,β-unsaturated/α-hetero) is 1. The van der Waals surface area contributed by atoms with Crippen LogP contribution in [-0.2, 0) is 6.42 Å². The molecule has 2 rings (SSSR count). The molecular weight excluding hydrogens is 166 g/mol. The van der Waals surface area contributed by atoms with Crippen LogP contribution in [0, 0.1) is 0 Å². The molecule has 0 radical (unpaired) electrons. The maximum absolute atomic E-state index is 11.5. The van der Waals surface area contributed by atoms with Crippen molar-refractivity contribution >= 4 is 11.7 Å². The maximum Gasteiger partial charge on any atom is 0.194 e. The van der Waals surface area contributed by atoms with Crippen molar-refractivity contribution < 1.29 is 9.21 Å². The number of rotatable bonds is 1. The van der Waals surface area contributed by atoms with Crippen molar-refractivity contribution in [1.82, 2.24) is 0 Å². The minimum atomic E-state index is 0.180. The Balaban J connectivity index is 2.61. The normalized spacial score (nSPS) is 15.5. The summed E-state index contributed by atoms with van der Waals surface area (Å²) in [6.07, 6.45) is 1.29. The van der Waals surface area contributed by atoms with Gasteiger partial charge in [0.1, 0.15) is 5.76 Å². The number of aryl methyl sites for hydroxylation is 1. The first-order chi connectivity index (χ1) is 6.11. The number of nitrogens with two attached hydrogens (primary N) is 1. The fourth-order valence-electron chi connectivity index (χ4n) is 1.92. The van der Waals surface area contributed by atoms with Gasteiger partial charge in [0.15, 0.2) is 11.7 Å². The highest BCUT2D eigenvalue weighted by Gasteiger charge is 2.30. The number of nitrogen functional groups attached to an aromatic ring is 1. The van der Waals surface area contributed by atoms with Crippen LogP contribution in [0.5, 0.6) is 0 Å². The van der Waals surface area contributed by atoms with E-state index in [0.717, 1.165) is 16.9 Å². The molecule has 1 aromatic heterocycles. The van der Waals surface area contributed by atoms with Crippen LogP contribution in [0.25, 0.3) is 0 Å². The third kappa shape index (κ3) is 1.07. The van der Waals surface area contributed by atoms with E-state index in [1.807, 2.05) is 13.8 Å². The highest BCUT2D eigenvalue weighted by molar-refractivity contribution is 6.02. The van der Waals surface area contributed by atoms with Gasteiger partial charge in [-0.25, -0.2) is 0 Å². The second-order valence-corrected chi connectivity index (χ2v) is 3.76. The molecule has 0 atom stereocenters. The summed E-state index contributed by atoms with van der Waals surface area (Å²) >= 11 is 0.